The van der Waals surface area contributed by atoms with Crippen LogP contribution >= 0.6 is 0 Å². The summed E-state index contributed by atoms with van der Waals surface area (Å²) in [6, 6.07) is 2.08. The summed E-state index contributed by atoms with van der Waals surface area (Å²) < 4.78 is 5.25. The third-order valence-electron chi connectivity index (χ3n) is 1.29. The van der Waals surface area contributed by atoms with Crippen molar-refractivity contribution in [2.24, 2.45) is 0 Å². The Balaban J connectivity index is 2.75. The predicted octanol–water partition coefficient (Wildman–Crippen LogP) is 0.916. The zero-order valence-electron chi connectivity index (χ0n) is 7.10. The molecule has 0 atom stereocenters. The van der Waals surface area contributed by atoms with Crippen molar-refractivity contribution < 1.29 is 4.74 Å². The first kappa shape index (κ1) is 10.4. The molecule has 0 aliphatic rings. The number of nitriles is 1. The Bertz CT molecular complexity index is 109. The van der Waals surface area contributed by atoms with E-state index in [0.717, 1.165) is 32.6 Å². The molecule has 3 nitrogen and oxygen atoms in total. The van der Waals surface area contributed by atoms with Gasteiger partial charge in [-0.25, -0.2) is 0 Å². The van der Waals surface area contributed by atoms with E-state index >= 15 is 0 Å². The molecule has 0 unspecified atom stereocenters. The number of nitrogens with one attached hydrogen (secondary N) is 1. The SMILES string of the molecule is CNCCCOCCCC#N. The summed E-state index contributed by atoms with van der Waals surface area (Å²) >= 11 is 0. The number of rotatable bonds is 7. The van der Waals surface area contributed by atoms with Crippen LogP contribution in [-0.4, -0.2) is 26.8 Å². The summed E-state index contributed by atoms with van der Waals surface area (Å²) in [7, 11) is 1.93. The van der Waals surface area contributed by atoms with Crippen molar-refractivity contribution in [1.29, 1.82) is 5.26 Å². The van der Waals surface area contributed by atoms with E-state index in [1.54, 1.807) is 0 Å². The highest BCUT2D eigenvalue weighted by atomic mass is 16.5. The average molecular weight is 156 g/mol. The van der Waals surface area contributed by atoms with Gasteiger partial charge in [0, 0.05) is 19.6 Å². The lowest BCUT2D eigenvalue weighted by atomic mass is 10.3. The van der Waals surface area contributed by atoms with Gasteiger partial charge in [0.25, 0.3) is 0 Å². The third-order valence-corrected chi connectivity index (χ3v) is 1.29. The predicted molar refractivity (Wildman–Crippen MR) is 44.2 cm³/mol. The quantitative estimate of drug-likeness (QED) is 0.557. The first-order valence-corrected chi connectivity index (χ1v) is 4.01. The van der Waals surface area contributed by atoms with Crippen molar-refractivity contribution in [2.75, 3.05) is 26.8 Å². The van der Waals surface area contributed by atoms with Crippen LogP contribution in [0.3, 0.4) is 0 Å². The van der Waals surface area contributed by atoms with E-state index in [1.807, 2.05) is 7.05 Å². The fraction of sp³-hybridized carbons (Fsp3) is 0.875. The van der Waals surface area contributed by atoms with Gasteiger partial charge < -0.3 is 10.1 Å². The third kappa shape index (κ3) is 9.41. The molecule has 1 N–H and O–H groups in total. The van der Waals surface area contributed by atoms with Crippen LogP contribution in [0.2, 0.25) is 0 Å². The van der Waals surface area contributed by atoms with Gasteiger partial charge in [0.05, 0.1) is 6.07 Å². The van der Waals surface area contributed by atoms with E-state index < -0.39 is 0 Å². The minimum atomic E-state index is 0.603. The Morgan fingerprint density at radius 1 is 1.36 bits per heavy atom. The van der Waals surface area contributed by atoms with Crippen LogP contribution in [0.4, 0.5) is 0 Å². The molecule has 0 fully saturated rings. The average Bonchev–Trinajstić information content (AvgIpc) is 2.03. The number of nitrogens with zero attached hydrogens (tertiary/aromatic N) is 1. The molecule has 0 spiro atoms. The fourth-order valence-corrected chi connectivity index (χ4v) is 0.706. The highest BCUT2D eigenvalue weighted by Crippen LogP contribution is 1.88. The minimum Gasteiger partial charge on any atom is -0.381 e. The number of unbranched alkanes of at least 4 members (excludes halogenated alkanes) is 1. The number of ether oxygens (including phenoxy) is 1. The van der Waals surface area contributed by atoms with E-state index in [9.17, 15) is 0 Å². The maximum atomic E-state index is 8.19. The molecule has 0 saturated heterocycles. The lowest BCUT2D eigenvalue weighted by Crippen LogP contribution is -2.10. The Labute approximate surface area is 68.3 Å². The molecule has 11 heavy (non-hydrogen) atoms. The van der Waals surface area contributed by atoms with Crippen LogP contribution in [0, 0.1) is 11.3 Å². The molecule has 0 aromatic heterocycles. The Morgan fingerprint density at radius 2 is 2.09 bits per heavy atom. The molecule has 0 aliphatic carbocycles. The van der Waals surface area contributed by atoms with Crippen LogP contribution in [0.5, 0.6) is 0 Å². The van der Waals surface area contributed by atoms with E-state index in [2.05, 4.69) is 11.4 Å². The van der Waals surface area contributed by atoms with Crippen LogP contribution in [0.1, 0.15) is 19.3 Å². The van der Waals surface area contributed by atoms with Crippen molar-refractivity contribution in [3.63, 3.8) is 0 Å². The van der Waals surface area contributed by atoms with Crippen molar-refractivity contribution in [2.45, 2.75) is 19.3 Å². The maximum Gasteiger partial charge on any atom is 0.0622 e. The van der Waals surface area contributed by atoms with Gasteiger partial charge >= 0.3 is 0 Å². The Kier molecular flexibility index (Phi) is 8.91. The van der Waals surface area contributed by atoms with Crippen molar-refractivity contribution >= 4 is 0 Å². The second-order valence-corrected chi connectivity index (χ2v) is 2.33. The van der Waals surface area contributed by atoms with E-state index in [1.165, 1.54) is 0 Å². The summed E-state index contributed by atoms with van der Waals surface area (Å²) in [4.78, 5) is 0. The van der Waals surface area contributed by atoms with Gasteiger partial charge in [0.1, 0.15) is 0 Å². The molecule has 0 heterocycles. The minimum absolute atomic E-state index is 0.603. The van der Waals surface area contributed by atoms with Crippen molar-refractivity contribution in [3.8, 4) is 6.07 Å². The summed E-state index contributed by atoms with van der Waals surface area (Å²) in [5.41, 5.74) is 0. The highest BCUT2D eigenvalue weighted by Gasteiger charge is 1.87. The molecule has 0 aliphatic heterocycles. The molecule has 0 rings (SSSR count). The largest absolute Gasteiger partial charge is 0.381 e. The van der Waals surface area contributed by atoms with Crippen LogP contribution in [0.25, 0.3) is 0 Å². The van der Waals surface area contributed by atoms with Gasteiger partial charge in [-0.1, -0.05) is 0 Å². The molecule has 0 bridgehead atoms. The zero-order valence-corrected chi connectivity index (χ0v) is 7.10. The first-order chi connectivity index (χ1) is 5.41. The molecular formula is C8H16N2O. The van der Waals surface area contributed by atoms with E-state index in [-0.39, 0.29) is 0 Å². The summed E-state index contributed by atoms with van der Waals surface area (Å²) in [5, 5.41) is 11.2. The number of hydrogen-bond donors (Lipinski definition) is 1. The van der Waals surface area contributed by atoms with Gasteiger partial charge in [-0.3, -0.25) is 0 Å². The molecular weight excluding hydrogens is 140 g/mol. The van der Waals surface area contributed by atoms with Crippen LogP contribution < -0.4 is 5.32 Å². The molecule has 0 saturated carbocycles. The zero-order chi connectivity index (χ0) is 8.36. The Morgan fingerprint density at radius 3 is 2.73 bits per heavy atom. The van der Waals surface area contributed by atoms with Crippen LogP contribution in [0.15, 0.2) is 0 Å². The topological polar surface area (TPSA) is 45.0 Å². The van der Waals surface area contributed by atoms with Crippen molar-refractivity contribution in [1.82, 2.24) is 5.32 Å². The van der Waals surface area contributed by atoms with Gasteiger partial charge in [0.2, 0.25) is 0 Å². The van der Waals surface area contributed by atoms with Crippen LogP contribution in [-0.2, 0) is 4.74 Å². The number of hydrogen-bond acceptors (Lipinski definition) is 3. The Hall–Kier alpha value is -0.590. The normalized spacial score (nSPS) is 9.45. The first-order valence-electron chi connectivity index (χ1n) is 4.01. The van der Waals surface area contributed by atoms with Gasteiger partial charge in [0.15, 0.2) is 0 Å². The van der Waals surface area contributed by atoms with Crippen molar-refractivity contribution in [3.05, 3.63) is 0 Å². The molecule has 0 radical (unpaired) electrons. The highest BCUT2D eigenvalue weighted by molar-refractivity contribution is 4.67. The second kappa shape index (κ2) is 9.41. The monoisotopic (exact) mass is 156 g/mol. The maximum absolute atomic E-state index is 8.19. The van der Waals surface area contributed by atoms with Gasteiger partial charge in [-0.05, 0) is 26.4 Å². The molecule has 64 valence electrons. The molecule has 0 amide bonds. The standard InChI is InChI=1S/C8H16N2O/c1-10-6-4-8-11-7-3-2-5-9/h10H,2-4,6-8H2,1H3. The smallest absolute Gasteiger partial charge is 0.0622 e. The van der Waals surface area contributed by atoms with Gasteiger partial charge in [-0.2, -0.15) is 5.26 Å². The lowest BCUT2D eigenvalue weighted by Gasteiger charge is -2.01. The lowest BCUT2D eigenvalue weighted by molar-refractivity contribution is 0.130. The van der Waals surface area contributed by atoms with E-state index in [0.29, 0.717) is 6.42 Å². The molecule has 3 heteroatoms. The molecule has 0 aromatic rings. The molecule has 0 aromatic carbocycles. The fourth-order valence-electron chi connectivity index (χ4n) is 0.706. The van der Waals surface area contributed by atoms with Gasteiger partial charge in [-0.15, -0.1) is 0 Å². The second-order valence-electron chi connectivity index (χ2n) is 2.33. The van der Waals surface area contributed by atoms with E-state index in [4.69, 9.17) is 10.00 Å². The summed E-state index contributed by atoms with van der Waals surface area (Å²) in [6.07, 6.45) is 2.51. The summed E-state index contributed by atoms with van der Waals surface area (Å²) in [6.45, 7) is 2.52. The summed E-state index contributed by atoms with van der Waals surface area (Å²) in [5.74, 6) is 0.